The topological polar surface area (TPSA) is 88.6 Å². The summed E-state index contributed by atoms with van der Waals surface area (Å²) in [5.41, 5.74) is 5.47. The summed E-state index contributed by atoms with van der Waals surface area (Å²) in [5, 5.41) is 19.8. The van der Waals surface area contributed by atoms with Crippen LogP contribution in [0.25, 0.3) is 33.3 Å². The zero-order valence-electron chi connectivity index (χ0n) is 17.9. The number of piperidine rings is 1. The van der Waals surface area contributed by atoms with Crippen molar-refractivity contribution in [3.05, 3.63) is 54.5 Å². The molecule has 3 aromatic heterocycles. The first kappa shape index (κ1) is 20.2. The Kier molecular flexibility index (Phi) is 4.62. The lowest BCUT2D eigenvalue weighted by atomic mass is 9.98. The molecule has 0 spiro atoms. The number of hydrogen-bond donors (Lipinski definition) is 2. The van der Waals surface area contributed by atoms with E-state index < -0.39 is 12.0 Å². The van der Waals surface area contributed by atoms with Gasteiger partial charge in [0.1, 0.15) is 6.10 Å². The molecule has 2 bridgehead atoms. The number of halogens is 2. The second kappa shape index (κ2) is 7.55. The minimum absolute atomic E-state index is 0.128. The predicted molar refractivity (Wildman–Crippen MR) is 119 cm³/mol. The predicted octanol–water partition coefficient (Wildman–Crippen LogP) is 4.30. The minimum atomic E-state index is -2.67. The average Bonchev–Trinajstić information content (AvgIpc) is 3.36. The maximum absolute atomic E-state index is 14.0. The molecule has 0 aliphatic carbocycles. The van der Waals surface area contributed by atoms with E-state index in [0.29, 0.717) is 18.0 Å². The fraction of sp³-hybridized carbons (Fsp3) is 0.333. The monoisotopic (exact) mass is 448 g/mol. The van der Waals surface area contributed by atoms with Crippen LogP contribution in [-0.2, 0) is 0 Å². The van der Waals surface area contributed by atoms with Crippen molar-refractivity contribution in [2.45, 2.75) is 50.3 Å². The Morgan fingerprint density at radius 1 is 1.06 bits per heavy atom. The third kappa shape index (κ3) is 3.62. The average molecular weight is 448 g/mol. The number of aromatic amines is 1. The summed E-state index contributed by atoms with van der Waals surface area (Å²) in [7, 11) is 0. The molecular formula is C24H22F2N6O. The fourth-order valence-electron chi connectivity index (χ4n) is 5.01. The molecule has 0 amide bonds. The van der Waals surface area contributed by atoms with E-state index in [2.05, 4.69) is 30.7 Å². The highest BCUT2D eigenvalue weighted by atomic mass is 19.3. The van der Waals surface area contributed by atoms with E-state index in [1.54, 1.807) is 18.5 Å². The number of ether oxygens (including phenoxy) is 1. The molecule has 5 heterocycles. The van der Waals surface area contributed by atoms with Gasteiger partial charge in [-0.1, -0.05) is 6.07 Å². The minimum Gasteiger partial charge on any atom is -0.473 e. The third-order valence-electron chi connectivity index (χ3n) is 6.54. The van der Waals surface area contributed by atoms with Crippen LogP contribution in [0.15, 0.2) is 48.8 Å². The van der Waals surface area contributed by atoms with Crippen molar-refractivity contribution in [3.8, 4) is 28.3 Å². The van der Waals surface area contributed by atoms with Crippen LogP contribution in [0.3, 0.4) is 0 Å². The van der Waals surface area contributed by atoms with Gasteiger partial charge >= 0.3 is 0 Å². The number of rotatable bonds is 4. The number of H-pyrrole nitrogens is 1. The first-order valence-corrected chi connectivity index (χ1v) is 11.0. The summed E-state index contributed by atoms with van der Waals surface area (Å²) < 4.78 is 33.8. The molecule has 3 atom stereocenters. The highest BCUT2D eigenvalue weighted by Crippen LogP contribution is 2.40. The van der Waals surface area contributed by atoms with Gasteiger partial charge in [-0.15, -0.1) is 10.2 Å². The highest BCUT2D eigenvalue weighted by molar-refractivity contribution is 6.01. The molecule has 0 radical (unpaired) electrons. The van der Waals surface area contributed by atoms with E-state index >= 15 is 0 Å². The summed E-state index contributed by atoms with van der Waals surface area (Å²) in [4.78, 5) is 4.27. The van der Waals surface area contributed by atoms with Gasteiger partial charge in [0.15, 0.2) is 0 Å². The first-order chi connectivity index (χ1) is 16.0. The molecule has 2 saturated heterocycles. The lowest BCUT2D eigenvalue weighted by Gasteiger charge is -2.29. The van der Waals surface area contributed by atoms with Gasteiger partial charge in [0.05, 0.1) is 23.4 Å². The van der Waals surface area contributed by atoms with Crippen molar-refractivity contribution >= 4 is 10.9 Å². The second-order valence-electron chi connectivity index (χ2n) is 8.85. The summed E-state index contributed by atoms with van der Waals surface area (Å²) in [6.07, 6.45) is 3.98. The molecule has 9 heteroatoms. The fourth-order valence-corrected chi connectivity index (χ4v) is 5.01. The van der Waals surface area contributed by atoms with E-state index in [4.69, 9.17) is 4.74 Å². The molecular weight excluding hydrogens is 426 g/mol. The smallest absolute Gasteiger partial charge is 0.264 e. The molecule has 4 aromatic rings. The van der Waals surface area contributed by atoms with Gasteiger partial charge < -0.3 is 10.1 Å². The molecule has 2 aliphatic heterocycles. The van der Waals surface area contributed by atoms with Crippen LogP contribution in [0.1, 0.15) is 25.0 Å². The Bertz CT molecular complexity index is 1320. The zero-order chi connectivity index (χ0) is 22.6. The van der Waals surface area contributed by atoms with Crippen LogP contribution in [-0.4, -0.2) is 49.5 Å². The lowest BCUT2D eigenvalue weighted by molar-refractivity contribution is -0.0195. The number of benzene rings is 1. The van der Waals surface area contributed by atoms with Crippen LogP contribution < -0.4 is 10.1 Å². The summed E-state index contributed by atoms with van der Waals surface area (Å²) in [6.45, 7) is 1.96. The Hall–Kier alpha value is -3.46. The summed E-state index contributed by atoms with van der Waals surface area (Å²) >= 11 is 0. The Morgan fingerprint density at radius 2 is 1.94 bits per heavy atom. The second-order valence-corrected chi connectivity index (χ2v) is 8.85. The van der Waals surface area contributed by atoms with Crippen molar-refractivity contribution in [1.82, 2.24) is 30.7 Å². The number of alkyl halides is 2. The Labute approximate surface area is 188 Å². The van der Waals surface area contributed by atoms with E-state index in [1.165, 1.54) is 0 Å². The van der Waals surface area contributed by atoms with E-state index in [-0.39, 0.29) is 25.0 Å². The number of hydrogen-bond acceptors (Lipinski definition) is 6. The van der Waals surface area contributed by atoms with Gasteiger partial charge in [-0.3, -0.25) is 10.1 Å². The molecule has 2 fully saturated rings. The third-order valence-corrected chi connectivity index (χ3v) is 6.54. The van der Waals surface area contributed by atoms with Gasteiger partial charge in [-0.05, 0) is 48.7 Å². The van der Waals surface area contributed by atoms with Gasteiger partial charge in [0.2, 0.25) is 5.88 Å². The van der Waals surface area contributed by atoms with Crippen molar-refractivity contribution in [2.75, 3.05) is 0 Å². The van der Waals surface area contributed by atoms with Crippen LogP contribution in [0.4, 0.5) is 8.78 Å². The van der Waals surface area contributed by atoms with Gasteiger partial charge in [-0.2, -0.15) is 5.10 Å². The van der Waals surface area contributed by atoms with Gasteiger partial charge in [0.25, 0.3) is 5.92 Å². The molecule has 6 rings (SSSR count). The molecule has 7 nitrogen and oxygen atoms in total. The number of fused-ring (bicyclic) bond motifs is 3. The van der Waals surface area contributed by atoms with Crippen LogP contribution in [0.5, 0.6) is 5.88 Å². The number of pyridine rings is 1. The van der Waals surface area contributed by atoms with Crippen LogP contribution in [0, 0.1) is 6.92 Å². The molecule has 168 valence electrons. The SMILES string of the molecule is Cc1cc(-c2ccc(-c3ccc(OC4CC5CC(F)(F)C(C4)N5)nn3)c3[nH]ncc23)ccn1. The maximum atomic E-state index is 14.0. The van der Waals surface area contributed by atoms with E-state index in [0.717, 1.165) is 33.3 Å². The molecule has 3 unspecified atom stereocenters. The molecule has 1 aromatic carbocycles. The van der Waals surface area contributed by atoms with Crippen molar-refractivity contribution in [3.63, 3.8) is 0 Å². The number of nitrogens with zero attached hydrogens (tertiary/aromatic N) is 4. The molecule has 33 heavy (non-hydrogen) atoms. The Balaban J connectivity index is 1.25. The summed E-state index contributed by atoms with van der Waals surface area (Å²) in [6, 6.07) is 10.6. The van der Waals surface area contributed by atoms with Crippen LogP contribution >= 0.6 is 0 Å². The Morgan fingerprint density at radius 3 is 2.73 bits per heavy atom. The van der Waals surface area contributed by atoms with E-state index in [1.807, 2.05) is 37.3 Å². The summed E-state index contributed by atoms with van der Waals surface area (Å²) in [5.74, 6) is -2.33. The maximum Gasteiger partial charge on any atom is 0.264 e. The largest absolute Gasteiger partial charge is 0.473 e. The van der Waals surface area contributed by atoms with Gasteiger partial charge in [-0.25, -0.2) is 8.78 Å². The molecule has 0 saturated carbocycles. The lowest BCUT2D eigenvalue weighted by Crippen LogP contribution is -2.46. The van der Waals surface area contributed by atoms with Crippen molar-refractivity contribution < 1.29 is 13.5 Å². The zero-order valence-corrected chi connectivity index (χ0v) is 17.9. The van der Waals surface area contributed by atoms with Crippen molar-refractivity contribution in [1.29, 1.82) is 0 Å². The normalized spacial score (nSPS) is 23.7. The number of aryl methyl sites for hydroxylation is 1. The number of aromatic nitrogens is 5. The quantitative estimate of drug-likeness (QED) is 0.484. The highest BCUT2D eigenvalue weighted by Gasteiger charge is 2.53. The van der Waals surface area contributed by atoms with Crippen molar-refractivity contribution in [2.24, 2.45) is 0 Å². The van der Waals surface area contributed by atoms with Gasteiger partial charge in [0, 0.05) is 47.8 Å². The molecule has 2 aliphatic rings. The molecule has 2 N–H and O–H groups in total. The number of nitrogens with one attached hydrogen (secondary N) is 2. The first-order valence-electron chi connectivity index (χ1n) is 11.0. The van der Waals surface area contributed by atoms with Crippen LogP contribution in [0.2, 0.25) is 0 Å². The standard InChI is InChI=1S/C24H22F2N6O/c1-13-8-14(6-7-27-13)17-2-3-18(23-19(17)12-28-32-23)20-4-5-22(31-30-20)33-16-9-15-11-24(25,26)21(10-16)29-15/h2-8,12,15-16,21,29H,9-11H2,1H3,(H,28,32). The van der Waals surface area contributed by atoms with E-state index in [9.17, 15) is 8.78 Å².